The van der Waals surface area contributed by atoms with Crippen molar-refractivity contribution < 1.29 is 23.4 Å². The molecule has 1 aromatic heterocycles. The number of aliphatic carboxylic acids is 1. The molecule has 6 nitrogen and oxygen atoms in total. The highest BCUT2D eigenvalue weighted by Crippen LogP contribution is 2.34. The lowest BCUT2D eigenvalue weighted by Crippen LogP contribution is -2.05. The van der Waals surface area contributed by atoms with E-state index in [2.05, 4.69) is 0 Å². The van der Waals surface area contributed by atoms with Crippen LogP contribution in [0.25, 0.3) is 22.1 Å². The molecule has 3 aromatic carbocycles. The second kappa shape index (κ2) is 8.92. The molecule has 0 radical (unpaired) electrons. The van der Waals surface area contributed by atoms with Gasteiger partial charge in [-0.3, -0.25) is 4.79 Å². The fraction of sp³-hybridized carbons (Fsp3) is 0.120. The van der Waals surface area contributed by atoms with Gasteiger partial charge in [-0.2, -0.15) is 5.26 Å². The lowest BCUT2D eigenvalue weighted by atomic mass is 9.98. The van der Waals surface area contributed by atoms with Crippen LogP contribution >= 0.6 is 0 Å². The van der Waals surface area contributed by atoms with Gasteiger partial charge in [-0.1, -0.05) is 24.3 Å². The minimum Gasteiger partial charge on any atom is -0.489 e. The molecule has 0 fully saturated rings. The number of furan rings is 1. The van der Waals surface area contributed by atoms with Crippen molar-refractivity contribution in [1.82, 2.24) is 0 Å². The average Bonchev–Trinajstić information content (AvgIpc) is 3.26. The van der Waals surface area contributed by atoms with Crippen LogP contribution in [0.3, 0.4) is 0 Å². The van der Waals surface area contributed by atoms with E-state index in [4.69, 9.17) is 25.3 Å². The first-order valence-electron chi connectivity index (χ1n) is 9.85. The number of hydrogen-bond acceptors (Lipinski definition) is 5. The van der Waals surface area contributed by atoms with Gasteiger partial charge in [-0.25, -0.2) is 4.39 Å². The number of rotatable bonds is 7. The van der Waals surface area contributed by atoms with E-state index >= 15 is 0 Å². The van der Waals surface area contributed by atoms with Gasteiger partial charge in [0.25, 0.3) is 0 Å². The van der Waals surface area contributed by atoms with Crippen molar-refractivity contribution in [2.45, 2.75) is 19.6 Å². The van der Waals surface area contributed by atoms with E-state index in [1.807, 2.05) is 12.1 Å². The molecular formula is C25H19FN2O4. The molecule has 0 bridgehead atoms. The summed E-state index contributed by atoms with van der Waals surface area (Å²) in [6.45, 7) is 0.166. The first-order chi connectivity index (χ1) is 15.5. The standard InChI is InChI=1S/C25H19FN2O4/c26-24-19(13-28)2-1-3-20(24)21-9-16(8-18-6-7-31-25(18)21)14-32-22-10-15(12-27)4-5-17(22)11-23(29)30/h1-10H,11,13-14,28H2,(H,29,30). The summed E-state index contributed by atoms with van der Waals surface area (Å²) >= 11 is 0. The van der Waals surface area contributed by atoms with Crippen LogP contribution in [0.1, 0.15) is 22.3 Å². The Hall–Kier alpha value is -4.15. The van der Waals surface area contributed by atoms with Gasteiger partial charge >= 0.3 is 5.97 Å². The van der Waals surface area contributed by atoms with Gasteiger partial charge < -0.3 is 20.0 Å². The van der Waals surface area contributed by atoms with Crippen molar-refractivity contribution in [3.05, 3.63) is 88.9 Å². The Bertz CT molecular complexity index is 1350. The van der Waals surface area contributed by atoms with Crippen LogP contribution < -0.4 is 10.5 Å². The van der Waals surface area contributed by atoms with Crippen LogP contribution in [0.4, 0.5) is 4.39 Å². The van der Waals surface area contributed by atoms with Crippen molar-refractivity contribution in [2.75, 3.05) is 0 Å². The molecule has 0 aliphatic heterocycles. The van der Waals surface area contributed by atoms with E-state index in [0.29, 0.717) is 39.1 Å². The van der Waals surface area contributed by atoms with Crippen LogP contribution in [-0.2, 0) is 24.4 Å². The maximum absolute atomic E-state index is 15.0. The Balaban J connectivity index is 1.72. The summed E-state index contributed by atoms with van der Waals surface area (Å²) < 4.78 is 26.5. The molecule has 4 rings (SSSR count). The molecule has 3 N–H and O–H groups in total. The Morgan fingerprint density at radius 2 is 1.97 bits per heavy atom. The van der Waals surface area contributed by atoms with Crippen molar-refractivity contribution in [2.24, 2.45) is 5.73 Å². The quantitative estimate of drug-likeness (QED) is 0.437. The Morgan fingerprint density at radius 1 is 1.12 bits per heavy atom. The van der Waals surface area contributed by atoms with Gasteiger partial charge in [-0.05, 0) is 35.9 Å². The van der Waals surface area contributed by atoms with Crippen molar-refractivity contribution in [3.8, 4) is 22.9 Å². The van der Waals surface area contributed by atoms with Gasteiger partial charge in [0.1, 0.15) is 23.8 Å². The lowest BCUT2D eigenvalue weighted by Gasteiger charge is -2.13. The fourth-order valence-corrected chi connectivity index (χ4v) is 3.60. The molecule has 0 aliphatic carbocycles. The van der Waals surface area contributed by atoms with E-state index in [-0.39, 0.29) is 19.6 Å². The van der Waals surface area contributed by atoms with Crippen LogP contribution in [0, 0.1) is 17.1 Å². The summed E-state index contributed by atoms with van der Waals surface area (Å²) in [6.07, 6.45) is 1.30. The van der Waals surface area contributed by atoms with E-state index in [1.165, 1.54) is 12.3 Å². The predicted molar refractivity (Wildman–Crippen MR) is 116 cm³/mol. The van der Waals surface area contributed by atoms with E-state index < -0.39 is 11.8 Å². The van der Waals surface area contributed by atoms with E-state index in [1.54, 1.807) is 42.5 Å². The number of hydrogen-bond donors (Lipinski definition) is 2. The molecule has 0 aliphatic rings. The minimum absolute atomic E-state index is 0.0748. The fourth-order valence-electron chi connectivity index (χ4n) is 3.60. The summed E-state index contributed by atoms with van der Waals surface area (Å²) in [7, 11) is 0. The Labute approximate surface area is 183 Å². The van der Waals surface area contributed by atoms with Crippen LogP contribution in [0.5, 0.6) is 5.75 Å². The van der Waals surface area contributed by atoms with E-state index in [9.17, 15) is 9.18 Å². The number of halogens is 1. The molecule has 4 aromatic rings. The van der Waals surface area contributed by atoms with Gasteiger partial charge in [0.15, 0.2) is 0 Å². The first-order valence-corrected chi connectivity index (χ1v) is 9.85. The molecule has 0 unspecified atom stereocenters. The zero-order valence-corrected chi connectivity index (χ0v) is 17.0. The third-order valence-corrected chi connectivity index (χ3v) is 5.13. The second-order valence-corrected chi connectivity index (χ2v) is 7.26. The van der Waals surface area contributed by atoms with Crippen molar-refractivity contribution >= 4 is 16.9 Å². The normalized spacial score (nSPS) is 10.8. The number of fused-ring (bicyclic) bond motifs is 1. The molecule has 1 heterocycles. The zero-order chi connectivity index (χ0) is 22.7. The summed E-state index contributed by atoms with van der Waals surface area (Å²) in [6, 6.07) is 17.1. The minimum atomic E-state index is -1.00. The maximum atomic E-state index is 15.0. The highest BCUT2D eigenvalue weighted by molar-refractivity contribution is 5.93. The third-order valence-electron chi connectivity index (χ3n) is 5.13. The zero-order valence-electron chi connectivity index (χ0n) is 17.0. The highest BCUT2D eigenvalue weighted by Gasteiger charge is 2.16. The SMILES string of the molecule is N#Cc1ccc(CC(=O)O)c(OCc2cc(-c3cccc(CN)c3F)c3occc3c2)c1. The number of carboxylic acid groups (broad SMARTS) is 1. The number of carbonyl (C=O) groups is 1. The number of carboxylic acids is 1. The summed E-state index contributed by atoms with van der Waals surface area (Å²) in [5.74, 6) is -1.09. The predicted octanol–water partition coefficient (Wildman–Crippen LogP) is 4.78. The number of ether oxygens (including phenoxy) is 1. The van der Waals surface area contributed by atoms with Gasteiger partial charge in [0.05, 0.1) is 24.3 Å². The first kappa shape index (κ1) is 21.1. The maximum Gasteiger partial charge on any atom is 0.307 e. The average molecular weight is 430 g/mol. The molecule has 7 heteroatoms. The van der Waals surface area contributed by atoms with Gasteiger partial charge in [0.2, 0.25) is 0 Å². The third kappa shape index (κ3) is 4.17. The second-order valence-electron chi connectivity index (χ2n) is 7.26. The number of nitriles is 1. The summed E-state index contributed by atoms with van der Waals surface area (Å²) in [4.78, 5) is 11.2. The van der Waals surface area contributed by atoms with E-state index in [0.717, 1.165) is 10.9 Å². The molecule has 0 atom stereocenters. The number of nitrogens with zero attached hydrogens (tertiary/aromatic N) is 1. The smallest absolute Gasteiger partial charge is 0.307 e. The summed E-state index contributed by atoms with van der Waals surface area (Å²) in [5, 5.41) is 19.1. The van der Waals surface area contributed by atoms with Crippen molar-refractivity contribution in [3.63, 3.8) is 0 Å². The molecule has 0 saturated carbocycles. The van der Waals surface area contributed by atoms with Crippen LogP contribution in [0.2, 0.25) is 0 Å². The molecule has 0 spiro atoms. The number of benzene rings is 3. The summed E-state index contributed by atoms with van der Waals surface area (Å²) in [5.41, 5.74) is 9.08. The number of nitrogens with two attached hydrogens (primary N) is 1. The van der Waals surface area contributed by atoms with Gasteiger partial charge in [0, 0.05) is 34.2 Å². The topological polar surface area (TPSA) is 109 Å². The molecule has 160 valence electrons. The molecule has 0 saturated heterocycles. The Morgan fingerprint density at radius 3 is 2.72 bits per heavy atom. The highest BCUT2D eigenvalue weighted by atomic mass is 19.1. The molecule has 0 amide bonds. The largest absolute Gasteiger partial charge is 0.489 e. The lowest BCUT2D eigenvalue weighted by molar-refractivity contribution is -0.136. The molecular weight excluding hydrogens is 411 g/mol. The van der Waals surface area contributed by atoms with Crippen LogP contribution in [0.15, 0.2) is 65.3 Å². The Kier molecular flexibility index (Phi) is 5.88. The van der Waals surface area contributed by atoms with Crippen LogP contribution in [-0.4, -0.2) is 11.1 Å². The molecule has 32 heavy (non-hydrogen) atoms. The van der Waals surface area contributed by atoms with Gasteiger partial charge in [-0.15, -0.1) is 0 Å². The van der Waals surface area contributed by atoms with Crippen molar-refractivity contribution in [1.29, 1.82) is 5.26 Å². The monoisotopic (exact) mass is 430 g/mol.